The molecule has 0 spiro atoms. The SMILES string of the molecule is CCNC(=O)N[C@@H]1CCCC[C@@H]1NC(=O)c1csc(COc2ccc(Cl)cc2)n1. The second kappa shape index (κ2) is 10.5. The summed E-state index contributed by atoms with van der Waals surface area (Å²) in [5.41, 5.74) is 0.368. The van der Waals surface area contributed by atoms with Gasteiger partial charge in [0.15, 0.2) is 0 Å². The lowest BCUT2D eigenvalue weighted by molar-refractivity contribution is 0.0911. The highest BCUT2D eigenvalue weighted by Crippen LogP contribution is 2.21. The van der Waals surface area contributed by atoms with Gasteiger partial charge in [-0.15, -0.1) is 11.3 Å². The standard InChI is InChI=1S/C20H25ClN4O3S/c1-2-22-20(27)25-16-6-4-3-5-15(16)24-19(26)17-12-29-18(23-17)11-28-14-9-7-13(21)8-10-14/h7-10,12,15-16H,2-6,11H2,1H3,(H,24,26)(H2,22,25,27)/t15-,16+/m0/s1. The fraction of sp³-hybridized carbons (Fsp3) is 0.450. The average Bonchev–Trinajstić information content (AvgIpc) is 3.18. The molecule has 29 heavy (non-hydrogen) atoms. The van der Waals surface area contributed by atoms with Crippen molar-refractivity contribution >= 4 is 34.9 Å². The van der Waals surface area contributed by atoms with E-state index in [2.05, 4.69) is 20.9 Å². The van der Waals surface area contributed by atoms with Crippen LogP contribution in [0, 0.1) is 0 Å². The van der Waals surface area contributed by atoms with Crippen LogP contribution in [0.3, 0.4) is 0 Å². The van der Waals surface area contributed by atoms with Gasteiger partial charge in [-0.3, -0.25) is 4.79 Å². The van der Waals surface area contributed by atoms with Crippen molar-refractivity contribution in [1.29, 1.82) is 0 Å². The largest absolute Gasteiger partial charge is 0.486 e. The number of ether oxygens (including phenoxy) is 1. The zero-order valence-electron chi connectivity index (χ0n) is 16.2. The monoisotopic (exact) mass is 436 g/mol. The quantitative estimate of drug-likeness (QED) is 0.616. The van der Waals surface area contributed by atoms with Gasteiger partial charge in [-0.25, -0.2) is 9.78 Å². The molecule has 3 N–H and O–H groups in total. The number of urea groups is 1. The highest BCUT2D eigenvalue weighted by molar-refractivity contribution is 7.09. The Morgan fingerprint density at radius 3 is 2.55 bits per heavy atom. The van der Waals surface area contributed by atoms with Crippen LogP contribution in [0.5, 0.6) is 5.75 Å². The molecule has 1 aliphatic carbocycles. The zero-order chi connectivity index (χ0) is 20.6. The normalized spacial score (nSPS) is 18.7. The van der Waals surface area contributed by atoms with E-state index in [-0.39, 0.29) is 30.6 Å². The van der Waals surface area contributed by atoms with E-state index in [0.717, 1.165) is 25.7 Å². The molecule has 1 heterocycles. The van der Waals surface area contributed by atoms with Crippen LogP contribution in [0.15, 0.2) is 29.6 Å². The summed E-state index contributed by atoms with van der Waals surface area (Å²) in [6.45, 7) is 2.72. The maximum atomic E-state index is 12.6. The van der Waals surface area contributed by atoms with Crippen LogP contribution in [-0.2, 0) is 6.61 Å². The lowest BCUT2D eigenvalue weighted by Gasteiger charge is -2.32. The summed E-state index contributed by atoms with van der Waals surface area (Å²) in [5.74, 6) is 0.464. The van der Waals surface area contributed by atoms with Crippen LogP contribution in [0.1, 0.15) is 48.1 Å². The molecule has 0 radical (unpaired) electrons. The van der Waals surface area contributed by atoms with E-state index in [9.17, 15) is 9.59 Å². The first-order valence-electron chi connectivity index (χ1n) is 9.73. The van der Waals surface area contributed by atoms with E-state index in [4.69, 9.17) is 16.3 Å². The van der Waals surface area contributed by atoms with Crippen molar-refractivity contribution in [3.8, 4) is 5.75 Å². The van der Waals surface area contributed by atoms with Gasteiger partial charge in [0.1, 0.15) is 23.1 Å². The van der Waals surface area contributed by atoms with Crippen molar-refractivity contribution < 1.29 is 14.3 Å². The second-order valence-corrected chi connectivity index (χ2v) is 8.22. The molecule has 1 saturated carbocycles. The van der Waals surface area contributed by atoms with Gasteiger partial charge in [0, 0.05) is 23.0 Å². The number of carbonyl (C=O) groups is 2. The number of hydrogen-bond acceptors (Lipinski definition) is 5. The highest BCUT2D eigenvalue weighted by Gasteiger charge is 2.28. The second-order valence-electron chi connectivity index (χ2n) is 6.84. The summed E-state index contributed by atoms with van der Waals surface area (Å²) in [6.07, 6.45) is 3.74. The van der Waals surface area contributed by atoms with Crippen molar-refractivity contribution in [3.63, 3.8) is 0 Å². The minimum atomic E-state index is -0.228. The average molecular weight is 437 g/mol. The number of nitrogens with one attached hydrogen (secondary N) is 3. The van der Waals surface area contributed by atoms with Crippen molar-refractivity contribution in [1.82, 2.24) is 20.9 Å². The molecule has 3 amide bonds. The van der Waals surface area contributed by atoms with Crippen LogP contribution in [0.4, 0.5) is 4.79 Å². The Kier molecular flexibility index (Phi) is 7.71. The van der Waals surface area contributed by atoms with Gasteiger partial charge in [-0.05, 0) is 44.0 Å². The van der Waals surface area contributed by atoms with Crippen LogP contribution in [0.2, 0.25) is 5.02 Å². The summed E-state index contributed by atoms with van der Waals surface area (Å²) < 4.78 is 5.68. The maximum Gasteiger partial charge on any atom is 0.315 e. The van der Waals surface area contributed by atoms with E-state index in [0.29, 0.717) is 28.0 Å². The minimum absolute atomic E-state index is 0.0782. The Labute approximate surface area is 179 Å². The van der Waals surface area contributed by atoms with Crippen molar-refractivity contribution in [2.75, 3.05) is 6.54 Å². The van der Waals surface area contributed by atoms with Crippen molar-refractivity contribution in [2.45, 2.75) is 51.3 Å². The Hall–Kier alpha value is -2.32. The van der Waals surface area contributed by atoms with Gasteiger partial charge < -0.3 is 20.7 Å². The van der Waals surface area contributed by atoms with Crippen LogP contribution >= 0.6 is 22.9 Å². The lowest BCUT2D eigenvalue weighted by Crippen LogP contribution is -2.55. The molecular weight excluding hydrogens is 412 g/mol. The number of amides is 3. The molecule has 1 fully saturated rings. The molecule has 0 saturated heterocycles. The van der Waals surface area contributed by atoms with E-state index < -0.39 is 0 Å². The number of carbonyl (C=O) groups excluding carboxylic acids is 2. The first-order valence-corrected chi connectivity index (χ1v) is 11.0. The molecular formula is C20H25ClN4O3S. The molecule has 9 heteroatoms. The fourth-order valence-electron chi connectivity index (χ4n) is 3.26. The number of aromatic nitrogens is 1. The molecule has 3 rings (SSSR count). The number of rotatable bonds is 7. The molecule has 1 aromatic carbocycles. The zero-order valence-corrected chi connectivity index (χ0v) is 17.8. The summed E-state index contributed by atoms with van der Waals surface area (Å²) in [7, 11) is 0. The maximum absolute atomic E-state index is 12.6. The molecule has 2 aromatic rings. The topological polar surface area (TPSA) is 92.4 Å². The number of benzene rings is 1. The summed E-state index contributed by atoms with van der Waals surface area (Å²) in [6, 6.07) is 6.71. The Morgan fingerprint density at radius 2 is 1.86 bits per heavy atom. The fourth-order valence-corrected chi connectivity index (χ4v) is 4.07. The van der Waals surface area contributed by atoms with Crippen molar-refractivity contribution in [2.24, 2.45) is 0 Å². The van der Waals surface area contributed by atoms with E-state index >= 15 is 0 Å². The molecule has 1 aromatic heterocycles. The first kappa shape index (κ1) is 21.4. The van der Waals surface area contributed by atoms with E-state index in [1.807, 2.05) is 6.92 Å². The van der Waals surface area contributed by atoms with Crippen LogP contribution in [0.25, 0.3) is 0 Å². The number of halogens is 1. The smallest absolute Gasteiger partial charge is 0.315 e. The van der Waals surface area contributed by atoms with Gasteiger partial charge in [0.25, 0.3) is 5.91 Å². The molecule has 156 valence electrons. The lowest BCUT2D eigenvalue weighted by atomic mass is 9.90. The summed E-state index contributed by atoms with van der Waals surface area (Å²) in [4.78, 5) is 28.9. The summed E-state index contributed by atoms with van der Waals surface area (Å²) in [5, 5.41) is 11.8. The van der Waals surface area contributed by atoms with E-state index in [1.165, 1.54) is 11.3 Å². The van der Waals surface area contributed by atoms with Crippen LogP contribution < -0.4 is 20.7 Å². The Balaban J connectivity index is 1.54. The Bertz CT molecular complexity index is 827. The highest BCUT2D eigenvalue weighted by atomic mass is 35.5. The third-order valence-corrected chi connectivity index (χ3v) is 5.77. The molecule has 0 aliphatic heterocycles. The number of hydrogen-bond donors (Lipinski definition) is 3. The van der Waals surface area contributed by atoms with Crippen molar-refractivity contribution in [3.05, 3.63) is 45.4 Å². The number of thiazole rings is 1. The van der Waals surface area contributed by atoms with Crippen LogP contribution in [-0.4, -0.2) is 35.6 Å². The molecule has 0 bridgehead atoms. The Morgan fingerprint density at radius 1 is 1.17 bits per heavy atom. The number of nitrogens with zero attached hydrogens (tertiary/aromatic N) is 1. The first-order chi connectivity index (χ1) is 14.0. The predicted octanol–water partition coefficient (Wildman–Crippen LogP) is 3.74. The third-order valence-electron chi connectivity index (χ3n) is 4.70. The molecule has 0 unspecified atom stereocenters. The van der Waals surface area contributed by atoms with E-state index in [1.54, 1.807) is 29.6 Å². The predicted molar refractivity (Wildman–Crippen MR) is 114 cm³/mol. The molecule has 1 aliphatic rings. The minimum Gasteiger partial charge on any atom is -0.486 e. The molecule has 2 atom stereocenters. The van der Waals surface area contributed by atoms with Gasteiger partial charge in [0.2, 0.25) is 0 Å². The third kappa shape index (κ3) is 6.33. The van der Waals surface area contributed by atoms with Gasteiger partial charge >= 0.3 is 6.03 Å². The molecule has 7 nitrogen and oxygen atoms in total. The van der Waals surface area contributed by atoms with Gasteiger partial charge in [-0.2, -0.15) is 0 Å². The summed E-state index contributed by atoms with van der Waals surface area (Å²) >= 11 is 7.24. The van der Waals surface area contributed by atoms with Gasteiger partial charge in [0.05, 0.1) is 6.04 Å². The van der Waals surface area contributed by atoms with Gasteiger partial charge in [-0.1, -0.05) is 24.4 Å².